The largest absolute Gasteiger partial charge is 0.456 e. The van der Waals surface area contributed by atoms with Gasteiger partial charge in [-0.1, -0.05) is 6.92 Å². The van der Waals surface area contributed by atoms with Gasteiger partial charge in [0.05, 0.1) is 11.8 Å². The van der Waals surface area contributed by atoms with Gasteiger partial charge < -0.3 is 15.0 Å². The predicted octanol–water partition coefficient (Wildman–Crippen LogP) is 2.25. The van der Waals surface area contributed by atoms with E-state index >= 15 is 0 Å². The Morgan fingerprint density at radius 3 is 2.89 bits per heavy atom. The number of nitrogens with zero attached hydrogens (tertiary/aromatic N) is 1. The number of H-pyrrole nitrogens is 1. The molecule has 0 saturated carbocycles. The van der Waals surface area contributed by atoms with Gasteiger partial charge in [0.25, 0.3) is 11.5 Å². The highest BCUT2D eigenvalue weighted by Crippen LogP contribution is 2.33. The van der Waals surface area contributed by atoms with Crippen LogP contribution in [0.15, 0.2) is 4.79 Å². The van der Waals surface area contributed by atoms with E-state index in [-0.39, 0.29) is 37.0 Å². The molecule has 1 aliphatic rings. The zero-order chi connectivity index (χ0) is 19.4. The Morgan fingerprint density at radius 2 is 2.11 bits per heavy atom. The average molecular weight is 391 g/mol. The number of aryl methyl sites for hydroxylation is 3. The molecule has 2 aromatic heterocycles. The van der Waals surface area contributed by atoms with Crippen molar-refractivity contribution in [1.29, 1.82) is 0 Å². The quantitative estimate of drug-likeness (QED) is 0.705. The maximum Gasteiger partial charge on any atom is 0.306 e. The summed E-state index contributed by atoms with van der Waals surface area (Å²) in [6, 6.07) is 0.0498. The molecular weight excluding hydrogens is 366 g/mol. The van der Waals surface area contributed by atoms with E-state index in [0.29, 0.717) is 11.2 Å². The lowest BCUT2D eigenvalue weighted by atomic mass is 9.97. The number of aromatic amines is 1. The average Bonchev–Trinajstić information content (AvgIpc) is 3.03. The number of carbonyl (C=O) groups is 2. The lowest BCUT2D eigenvalue weighted by Crippen LogP contribution is -2.35. The van der Waals surface area contributed by atoms with Gasteiger partial charge in [0.2, 0.25) is 0 Å². The Kier molecular flexibility index (Phi) is 6.26. The molecule has 1 amide bonds. The molecule has 7 nitrogen and oxygen atoms in total. The molecule has 0 fully saturated rings. The van der Waals surface area contributed by atoms with E-state index in [1.54, 1.807) is 11.3 Å². The highest BCUT2D eigenvalue weighted by atomic mass is 32.1. The van der Waals surface area contributed by atoms with Crippen molar-refractivity contribution in [2.45, 2.75) is 64.8 Å². The molecule has 3 rings (SSSR count). The number of ether oxygens (including phenoxy) is 1. The number of carbonyl (C=O) groups excluding carboxylic acids is 2. The number of esters is 1. The lowest BCUT2D eigenvalue weighted by molar-refractivity contribution is -0.148. The molecule has 1 aliphatic carbocycles. The standard InChI is InChI=1S/C19H25N3O4S/c1-3-11(2)20-15(23)10-26-16(24)9-8-14-21-18(25)17-12-6-4-5-7-13(12)27-19(17)22-14/h11H,3-10H2,1-2H3,(H,20,23)(H,21,22,25)/t11-/m0/s1. The minimum absolute atomic E-state index is 0.0498. The van der Waals surface area contributed by atoms with E-state index in [2.05, 4.69) is 15.3 Å². The number of hydrogen-bond donors (Lipinski definition) is 2. The van der Waals surface area contributed by atoms with Crippen molar-refractivity contribution < 1.29 is 14.3 Å². The molecule has 27 heavy (non-hydrogen) atoms. The predicted molar refractivity (Wildman–Crippen MR) is 104 cm³/mol. The maximum atomic E-state index is 12.5. The normalized spacial score (nSPS) is 14.6. The van der Waals surface area contributed by atoms with Crippen LogP contribution in [0.1, 0.15) is 55.8 Å². The minimum Gasteiger partial charge on any atom is -0.456 e. The fraction of sp³-hybridized carbons (Fsp3) is 0.579. The third-order valence-electron chi connectivity index (χ3n) is 4.82. The Bertz CT molecular complexity index is 902. The summed E-state index contributed by atoms with van der Waals surface area (Å²) in [5, 5.41) is 3.45. The Balaban J connectivity index is 1.58. The topological polar surface area (TPSA) is 101 Å². The fourth-order valence-electron chi connectivity index (χ4n) is 3.18. The van der Waals surface area contributed by atoms with E-state index < -0.39 is 5.97 Å². The first-order valence-electron chi connectivity index (χ1n) is 9.46. The van der Waals surface area contributed by atoms with Crippen molar-refractivity contribution in [3.05, 3.63) is 26.6 Å². The molecule has 8 heteroatoms. The van der Waals surface area contributed by atoms with E-state index in [0.717, 1.165) is 42.5 Å². The molecular formula is C19H25N3O4S. The second kappa shape index (κ2) is 8.65. The van der Waals surface area contributed by atoms with E-state index in [1.807, 2.05) is 13.8 Å². The molecule has 0 aromatic carbocycles. The Morgan fingerprint density at radius 1 is 1.33 bits per heavy atom. The summed E-state index contributed by atoms with van der Waals surface area (Å²) in [6.07, 6.45) is 5.36. The molecule has 0 spiro atoms. The number of rotatable bonds is 7. The van der Waals surface area contributed by atoms with Crippen LogP contribution in [-0.4, -0.2) is 34.5 Å². The van der Waals surface area contributed by atoms with Crippen molar-refractivity contribution in [3.63, 3.8) is 0 Å². The van der Waals surface area contributed by atoms with Crippen LogP contribution < -0.4 is 10.9 Å². The van der Waals surface area contributed by atoms with Crippen molar-refractivity contribution in [3.8, 4) is 0 Å². The highest BCUT2D eigenvalue weighted by Gasteiger charge is 2.20. The number of thiophene rings is 1. The monoisotopic (exact) mass is 391 g/mol. The first-order chi connectivity index (χ1) is 13.0. The van der Waals surface area contributed by atoms with Crippen LogP contribution in [0.2, 0.25) is 0 Å². The van der Waals surface area contributed by atoms with Gasteiger partial charge in [-0.15, -0.1) is 11.3 Å². The molecule has 1 atom stereocenters. The van der Waals surface area contributed by atoms with E-state index in [4.69, 9.17) is 4.74 Å². The van der Waals surface area contributed by atoms with Crippen molar-refractivity contribution >= 4 is 33.4 Å². The number of aromatic nitrogens is 2. The smallest absolute Gasteiger partial charge is 0.306 e. The summed E-state index contributed by atoms with van der Waals surface area (Å²) in [6.45, 7) is 3.57. The van der Waals surface area contributed by atoms with Crippen LogP contribution in [-0.2, 0) is 33.6 Å². The molecule has 0 aliphatic heterocycles. The number of fused-ring (bicyclic) bond motifs is 3. The van der Waals surface area contributed by atoms with Gasteiger partial charge in [0.15, 0.2) is 6.61 Å². The molecule has 0 radical (unpaired) electrons. The van der Waals surface area contributed by atoms with Gasteiger partial charge in [-0.3, -0.25) is 14.4 Å². The minimum atomic E-state index is -0.484. The summed E-state index contributed by atoms with van der Waals surface area (Å²) in [5.74, 6) is -0.315. The van der Waals surface area contributed by atoms with Crippen molar-refractivity contribution in [2.75, 3.05) is 6.61 Å². The molecule has 0 bridgehead atoms. The van der Waals surface area contributed by atoms with E-state index in [9.17, 15) is 14.4 Å². The molecule has 2 heterocycles. The summed E-state index contributed by atoms with van der Waals surface area (Å²) >= 11 is 1.58. The van der Waals surface area contributed by atoms with Gasteiger partial charge in [-0.25, -0.2) is 4.98 Å². The fourth-order valence-corrected chi connectivity index (χ4v) is 4.47. The van der Waals surface area contributed by atoms with Crippen LogP contribution in [0.4, 0.5) is 0 Å². The molecule has 2 N–H and O–H groups in total. The number of nitrogens with one attached hydrogen (secondary N) is 2. The Labute approximate surface area is 161 Å². The zero-order valence-corrected chi connectivity index (χ0v) is 16.5. The van der Waals surface area contributed by atoms with Crippen LogP contribution >= 0.6 is 11.3 Å². The maximum absolute atomic E-state index is 12.5. The van der Waals surface area contributed by atoms with Gasteiger partial charge in [-0.2, -0.15) is 0 Å². The zero-order valence-electron chi connectivity index (χ0n) is 15.7. The van der Waals surface area contributed by atoms with Gasteiger partial charge in [-0.05, 0) is 44.6 Å². The summed E-state index contributed by atoms with van der Waals surface area (Å²) < 4.78 is 4.99. The van der Waals surface area contributed by atoms with Crippen LogP contribution in [0.25, 0.3) is 10.2 Å². The molecule has 2 aromatic rings. The van der Waals surface area contributed by atoms with Gasteiger partial charge >= 0.3 is 5.97 Å². The summed E-state index contributed by atoms with van der Waals surface area (Å²) in [4.78, 5) is 45.3. The second-order valence-electron chi connectivity index (χ2n) is 6.94. The molecule has 0 saturated heterocycles. The highest BCUT2D eigenvalue weighted by molar-refractivity contribution is 7.18. The second-order valence-corrected chi connectivity index (χ2v) is 8.02. The van der Waals surface area contributed by atoms with Crippen LogP contribution in [0, 0.1) is 0 Å². The van der Waals surface area contributed by atoms with Gasteiger partial charge in [0.1, 0.15) is 10.7 Å². The number of amides is 1. The first kappa shape index (κ1) is 19.5. The first-order valence-corrected chi connectivity index (χ1v) is 10.3. The summed E-state index contributed by atoms with van der Waals surface area (Å²) in [7, 11) is 0. The summed E-state index contributed by atoms with van der Waals surface area (Å²) in [5.41, 5.74) is 1.02. The van der Waals surface area contributed by atoms with Crippen molar-refractivity contribution in [2.24, 2.45) is 0 Å². The lowest BCUT2D eigenvalue weighted by Gasteiger charge is -2.11. The Hall–Kier alpha value is -2.22. The van der Waals surface area contributed by atoms with Crippen LogP contribution in [0.3, 0.4) is 0 Å². The third-order valence-corrected chi connectivity index (χ3v) is 6.01. The van der Waals surface area contributed by atoms with Crippen LogP contribution in [0.5, 0.6) is 0 Å². The van der Waals surface area contributed by atoms with Gasteiger partial charge in [0, 0.05) is 17.3 Å². The molecule has 146 valence electrons. The SMILES string of the molecule is CC[C@H](C)NC(=O)COC(=O)CCc1nc2sc3c(c2c(=O)[nH]1)CCCC3. The van der Waals surface area contributed by atoms with E-state index in [1.165, 1.54) is 4.88 Å². The third kappa shape index (κ3) is 4.74. The molecule has 0 unspecified atom stereocenters. The van der Waals surface area contributed by atoms with Crippen molar-refractivity contribution in [1.82, 2.24) is 15.3 Å². The number of hydrogen-bond acceptors (Lipinski definition) is 6.